The second kappa shape index (κ2) is 11.6. The summed E-state index contributed by atoms with van der Waals surface area (Å²) in [6.45, 7) is 6.92. The minimum Gasteiger partial charge on any atom is -0.0654 e. The van der Waals surface area contributed by atoms with E-state index >= 15 is 0 Å². The van der Waals surface area contributed by atoms with Gasteiger partial charge in [0.05, 0.1) is 0 Å². The van der Waals surface area contributed by atoms with E-state index in [2.05, 4.69) is 20.8 Å². The lowest BCUT2D eigenvalue weighted by atomic mass is 9.82. The van der Waals surface area contributed by atoms with Crippen molar-refractivity contribution in [2.75, 3.05) is 0 Å². The lowest BCUT2D eigenvalue weighted by Crippen LogP contribution is -2.09. The van der Waals surface area contributed by atoms with Crippen molar-refractivity contribution < 1.29 is 0 Å². The molecule has 0 aromatic rings. The van der Waals surface area contributed by atoms with Crippen LogP contribution in [0.25, 0.3) is 0 Å². The molecule has 120 valence electrons. The molecule has 0 spiro atoms. The molecule has 3 aliphatic carbocycles. The van der Waals surface area contributed by atoms with Crippen LogP contribution in [0.5, 0.6) is 0 Å². The first-order valence-electron chi connectivity index (χ1n) is 9.76. The van der Waals surface area contributed by atoms with Gasteiger partial charge < -0.3 is 0 Å². The Kier molecular flexibility index (Phi) is 10.5. The second-order valence-electron chi connectivity index (χ2n) is 7.53. The fraction of sp³-hybridized carbons (Fsp3) is 1.00. The van der Waals surface area contributed by atoms with Crippen LogP contribution < -0.4 is 0 Å². The van der Waals surface area contributed by atoms with E-state index < -0.39 is 0 Å². The lowest BCUT2D eigenvalue weighted by Gasteiger charge is -2.24. The van der Waals surface area contributed by atoms with E-state index in [1.807, 2.05) is 0 Å². The fourth-order valence-corrected chi connectivity index (χ4v) is 3.40. The number of rotatable bonds is 3. The highest BCUT2D eigenvalue weighted by molar-refractivity contribution is 4.68. The summed E-state index contributed by atoms with van der Waals surface area (Å²) in [5.41, 5.74) is 0. The van der Waals surface area contributed by atoms with E-state index in [0.717, 1.165) is 17.8 Å². The maximum Gasteiger partial charge on any atom is -0.0414 e. The molecule has 0 nitrogen and oxygen atoms in total. The molecule has 3 rings (SSSR count). The summed E-state index contributed by atoms with van der Waals surface area (Å²) in [6, 6.07) is 0. The van der Waals surface area contributed by atoms with Crippen LogP contribution >= 0.6 is 0 Å². The van der Waals surface area contributed by atoms with Crippen LogP contribution in [0.15, 0.2) is 0 Å². The van der Waals surface area contributed by atoms with Crippen LogP contribution in [0.2, 0.25) is 0 Å². The van der Waals surface area contributed by atoms with Crippen molar-refractivity contribution in [1.29, 1.82) is 0 Å². The summed E-state index contributed by atoms with van der Waals surface area (Å²) < 4.78 is 0. The molecule has 0 N–H and O–H groups in total. The molecule has 0 amide bonds. The summed E-state index contributed by atoms with van der Waals surface area (Å²) in [7, 11) is 0. The molecule has 0 radical (unpaired) electrons. The summed E-state index contributed by atoms with van der Waals surface area (Å²) in [5, 5.41) is 0. The predicted molar refractivity (Wildman–Crippen MR) is 92.1 cm³/mol. The largest absolute Gasteiger partial charge is 0.0654 e. The fourth-order valence-electron chi connectivity index (χ4n) is 3.40. The monoisotopic (exact) mass is 280 g/mol. The second-order valence-corrected chi connectivity index (χ2v) is 7.53. The molecule has 0 bridgehead atoms. The molecule has 0 atom stereocenters. The Morgan fingerprint density at radius 1 is 0.650 bits per heavy atom. The summed E-state index contributed by atoms with van der Waals surface area (Å²) in [6.07, 6.45) is 20.8. The maximum absolute atomic E-state index is 2.36. The van der Waals surface area contributed by atoms with Crippen LogP contribution in [-0.2, 0) is 0 Å². The van der Waals surface area contributed by atoms with Crippen molar-refractivity contribution in [2.45, 2.75) is 111 Å². The van der Waals surface area contributed by atoms with Crippen molar-refractivity contribution in [3.05, 3.63) is 0 Å². The van der Waals surface area contributed by atoms with E-state index in [9.17, 15) is 0 Å². The lowest BCUT2D eigenvalue weighted by molar-refractivity contribution is 0.294. The van der Waals surface area contributed by atoms with Crippen LogP contribution in [0, 0.1) is 17.8 Å². The van der Waals surface area contributed by atoms with Crippen LogP contribution in [-0.4, -0.2) is 0 Å². The van der Waals surface area contributed by atoms with Gasteiger partial charge in [-0.1, -0.05) is 111 Å². The number of hydrogen-bond donors (Lipinski definition) is 0. The van der Waals surface area contributed by atoms with Gasteiger partial charge in [-0.15, -0.1) is 0 Å². The van der Waals surface area contributed by atoms with Crippen LogP contribution in [0.1, 0.15) is 111 Å². The van der Waals surface area contributed by atoms with Gasteiger partial charge in [0, 0.05) is 0 Å². The van der Waals surface area contributed by atoms with Gasteiger partial charge in [-0.25, -0.2) is 0 Å². The Bertz CT molecular complexity index is 191. The molecule has 3 fully saturated rings. The van der Waals surface area contributed by atoms with Crippen LogP contribution in [0.4, 0.5) is 0 Å². The molecule has 0 aromatic carbocycles. The van der Waals surface area contributed by atoms with Crippen molar-refractivity contribution in [1.82, 2.24) is 0 Å². The molecule has 3 saturated carbocycles. The minimum atomic E-state index is 1.04. The highest BCUT2D eigenvalue weighted by Crippen LogP contribution is 2.30. The van der Waals surface area contributed by atoms with Crippen molar-refractivity contribution in [2.24, 2.45) is 17.8 Å². The third kappa shape index (κ3) is 8.32. The maximum atomic E-state index is 2.36. The Labute approximate surface area is 129 Å². The molecule has 0 unspecified atom stereocenters. The Balaban J connectivity index is 0.000000151. The van der Waals surface area contributed by atoms with Crippen molar-refractivity contribution in [3.8, 4) is 0 Å². The molecule has 0 heteroatoms. The molecule has 0 aromatic heterocycles. The first kappa shape index (κ1) is 18.1. The quantitative estimate of drug-likeness (QED) is 0.506. The first-order chi connectivity index (χ1) is 9.76. The van der Waals surface area contributed by atoms with Gasteiger partial charge in [0.2, 0.25) is 0 Å². The molecule has 0 heterocycles. The van der Waals surface area contributed by atoms with E-state index in [0.29, 0.717) is 0 Å². The van der Waals surface area contributed by atoms with Crippen molar-refractivity contribution >= 4 is 0 Å². The molecular weight excluding hydrogens is 240 g/mol. The smallest absolute Gasteiger partial charge is 0.0414 e. The highest BCUT2D eigenvalue weighted by Gasteiger charge is 2.15. The van der Waals surface area contributed by atoms with Gasteiger partial charge in [-0.3, -0.25) is 0 Å². The molecular formula is C20H40. The summed E-state index contributed by atoms with van der Waals surface area (Å²) >= 11 is 0. The predicted octanol–water partition coefficient (Wildman–Crippen LogP) is 7.37. The summed E-state index contributed by atoms with van der Waals surface area (Å²) in [4.78, 5) is 0. The highest BCUT2D eigenvalue weighted by atomic mass is 14.2. The molecule has 3 aliphatic rings. The van der Waals surface area contributed by atoms with Crippen molar-refractivity contribution in [3.63, 3.8) is 0 Å². The average Bonchev–Trinajstić information content (AvgIpc) is 2.35. The van der Waals surface area contributed by atoms with Gasteiger partial charge in [0.1, 0.15) is 0 Å². The average molecular weight is 281 g/mol. The molecule has 20 heavy (non-hydrogen) atoms. The third-order valence-corrected chi connectivity index (χ3v) is 5.62. The Morgan fingerprint density at radius 3 is 1.35 bits per heavy atom. The Morgan fingerprint density at radius 2 is 1.20 bits per heavy atom. The minimum absolute atomic E-state index is 1.04. The normalized spacial score (nSPS) is 23.6. The van der Waals surface area contributed by atoms with E-state index in [-0.39, 0.29) is 0 Å². The first-order valence-corrected chi connectivity index (χ1v) is 9.76. The van der Waals surface area contributed by atoms with E-state index in [1.54, 1.807) is 0 Å². The zero-order valence-electron chi connectivity index (χ0n) is 14.6. The molecule has 0 saturated heterocycles. The topological polar surface area (TPSA) is 0 Å². The van der Waals surface area contributed by atoms with E-state index in [1.165, 1.54) is 89.9 Å². The van der Waals surface area contributed by atoms with Gasteiger partial charge in [0.25, 0.3) is 0 Å². The Hall–Kier alpha value is 0. The van der Waals surface area contributed by atoms with Crippen LogP contribution in [0.3, 0.4) is 0 Å². The zero-order chi connectivity index (χ0) is 14.6. The zero-order valence-corrected chi connectivity index (χ0v) is 14.6. The van der Waals surface area contributed by atoms with Gasteiger partial charge in [0.15, 0.2) is 0 Å². The van der Waals surface area contributed by atoms with E-state index in [4.69, 9.17) is 0 Å². The molecule has 0 aliphatic heterocycles. The number of hydrogen-bond acceptors (Lipinski definition) is 0. The van der Waals surface area contributed by atoms with Gasteiger partial charge in [-0.05, 0) is 17.8 Å². The van der Waals surface area contributed by atoms with Gasteiger partial charge in [-0.2, -0.15) is 0 Å². The SMILES string of the molecule is CC1CCCCC1.CCC1CCC1.CCCC1CCC1. The summed E-state index contributed by atoms with van der Waals surface area (Å²) in [5.74, 6) is 3.28. The van der Waals surface area contributed by atoms with Gasteiger partial charge >= 0.3 is 0 Å². The third-order valence-electron chi connectivity index (χ3n) is 5.62. The standard InChI is InChI=1S/2C7H14.C6H12/c1-7-5-3-2-4-6-7;1-2-4-7-5-3-6-7;1-2-6-4-3-5-6/h2*7H,2-6H2,1H3;6H,2-5H2,1H3.